The molecule has 1 atom stereocenters. The third kappa shape index (κ3) is 2.17. The smallest absolute Gasteiger partial charge is 0.0294 e. The van der Waals surface area contributed by atoms with Crippen molar-refractivity contribution < 1.29 is 0 Å². The fourth-order valence-electron chi connectivity index (χ4n) is 1.76. The van der Waals surface area contributed by atoms with Crippen LogP contribution in [-0.2, 0) is 0 Å². The molecule has 1 rings (SSSR count). The van der Waals surface area contributed by atoms with Gasteiger partial charge in [-0.2, -0.15) is 0 Å². The summed E-state index contributed by atoms with van der Waals surface area (Å²) in [5.74, 6) is 0.993. The van der Waals surface area contributed by atoms with Crippen molar-refractivity contribution in [3.05, 3.63) is 12.2 Å². The summed E-state index contributed by atoms with van der Waals surface area (Å²) in [7, 11) is 0. The van der Waals surface area contributed by atoms with E-state index in [1.165, 1.54) is 44.1 Å². The summed E-state index contributed by atoms with van der Waals surface area (Å²) < 4.78 is 0. The number of unbranched alkanes of at least 4 members (excludes halogenated alkanes) is 1. The molecule has 0 radical (unpaired) electrons. The maximum atomic E-state index is 4.01. The molecule has 0 heterocycles. The Bertz CT molecular complexity index is 113. The van der Waals surface area contributed by atoms with Crippen molar-refractivity contribution in [2.24, 2.45) is 5.92 Å². The van der Waals surface area contributed by atoms with Crippen molar-refractivity contribution in [1.29, 1.82) is 0 Å². The minimum Gasteiger partial charge on any atom is -0.0999 e. The molecule has 0 N–H and O–H groups in total. The summed E-state index contributed by atoms with van der Waals surface area (Å²) in [4.78, 5) is 0. The molecule has 0 aromatic carbocycles. The highest BCUT2D eigenvalue weighted by atomic mass is 14.2. The molecular formula is C10H18. The highest BCUT2D eigenvalue weighted by Gasteiger charge is 2.16. The average Bonchev–Trinajstić information content (AvgIpc) is 2.31. The molecule has 0 nitrogen and oxygen atoms in total. The summed E-state index contributed by atoms with van der Waals surface area (Å²) in [6.45, 7) is 6.28. The summed E-state index contributed by atoms with van der Waals surface area (Å²) in [6.07, 6.45) is 8.24. The van der Waals surface area contributed by atoms with E-state index in [-0.39, 0.29) is 0 Å². The summed E-state index contributed by atoms with van der Waals surface area (Å²) in [5.41, 5.74) is 1.49. The van der Waals surface area contributed by atoms with Gasteiger partial charge in [0, 0.05) is 0 Å². The molecule has 0 aliphatic heterocycles. The van der Waals surface area contributed by atoms with Gasteiger partial charge < -0.3 is 0 Å². The molecule has 0 bridgehead atoms. The zero-order valence-corrected chi connectivity index (χ0v) is 7.03. The van der Waals surface area contributed by atoms with Gasteiger partial charge in [-0.25, -0.2) is 0 Å². The van der Waals surface area contributed by atoms with Crippen molar-refractivity contribution in [3.63, 3.8) is 0 Å². The first-order valence-electron chi connectivity index (χ1n) is 4.49. The SMILES string of the molecule is C=C1CCC(CCCC)C1. The number of rotatable bonds is 3. The molecule has 0 aromatic heterocycles. The van der Waals surface area contributed by atoms with Crippen LogP contribution in [-0.4, -0.2) is 0 Å². The normalized spacial score (nSPS) is 25.7. The number of hydrogen-bond acceptors (Lipinski definition) is 0. The van der Waals surface area contributed by atoms with Gasteiger partial charge in [0.05, 0.1) is 0 Å². The summed E-state index contributed by atoms with van der Waals surface area (Å²) in [5, 5.41) is 0. The zero-order valence-electron chi connectivity index (χ0n) is 7.03. The third-order valence-corrected chi connectivity index (χ3v) is 2.45. The van der Waals surface area contributed by atoms with Gasteiger partial charge in [-0.05, 0) is 25.2 Å². The summed E-state index contributed by atoms with van der Waals surface area (Å²) >= 11 is 0. The van der Waals surface area contributed by atoms with Gasteiger partial charge >= 0.3 is 0 Å². The van der Waals surface area contributed by atoms with E-state index >= 15 is 0 Å². The van der Waals surface area contributed by atoms with Crippen LogP contribution < -0.4 is 0 Å². The maximum Gasteiger partial charge on any atom is -0.0294 e. The van der Waals surface area contributed by atoms with E-state index < -0.39 is 0 Å². The molecule has 1 unspecified atom stereocenters. The van der Waals surface area contributed by atoms with Gasteiger partial charge in [0.2, 0.25) is 0 Å². The second-order valence-electron chi connectivity index (χ2n) is 3.50. The van der Waals surface area contributed by atoms with Gasteiger partial charge in [0.25, 0.3) is 0 Å². The standard InChI is InChI=1S/C10H18/c1-3-4-5-10-7-6-9(2)8-10/h10H,2-8H2,1H3. The Morgan fingerprint density at radius 3 is 2.90 bits per heavy atom. The molecule has 0 heteroatoms. The minimum atomic E-state index is 0.993. The lowest BCUT2D eigenvalue weighted by molar-refractivity contribution is 0.486. The molecule has 0 saturated heterocycles. The molecule has 0 spiro atoms. The van der Waals surface area contributed by atoms with Gasteiger partial charge in [0.1, 0.15) is 0 Å². The van der Waals surface area contributed by atoms with Crippen LogP contribution in [0.4, 0.5) is 0 Å². The van der Waals surface area contributed by atoms with E-state index in [2.05, 4.69) is 13.5 Å². The predicted molar refractivity (Wildman–Crippen MR) is 46.0 cm³/mol. The van der Waals surface area contributed by atoms with Crippen molar-refractivity contribution in [1.82, 2.24) is 0 Å². The fourth-order valence-corrected chi connectivity index (χ4v) is 1.76. The van der Waals surface area contributed by atoms with Crippen LogP contribution in [0.15, 0.2) is 12.2 Å². The molecule has 1 fully saturated rings. The van der Waals surface area contributed by atoms with Crippen LogP contribution in [0.5, 0.6) is 0 Å². The highest BCUT2D eigenvalue weighted by Crippen LogP contribution is 2.32. The van der Waals surface area contributed by atoms with Gasteiger partial charge in [0.15, 0.2) is 0 Å². The highest BCUT2D eigenvalue weighted by molar-refractivity contribution is 5.01. The topological polar surface area (TPSA) is 0 Å². The quantitative estimate of drug-likeness (QED) is 0.523. The van der Waals surface area contributed by atoms with Gasteiger partial charge in [-0.1, -0.05) is 38.3 Å². The lowest BCUT2D eigenvalue weighted by atomic mass is 10.0. The van der Waals surface area contributed by atoms with Crippen molar-refractivity contribution >= 4 is 0 Å². The number of allylic oxidation sites excluding steroid dienone is 1. The number of hydrogen-bond donors (Lipinski definition) is 0. The van der Waals surface area contributed by atoms with Crippen LogP contribution in [0.3, 0.4) is 0 Å². The maximum absolute atomic E-state index is 4.01. The predicted octanol–water partition coefficient (Wildman–Crippen LogP) is 3.53. The van der Waals surface area contributed by atoms with Crippen LogP contribution in [0, 0.1) is 5.92 Å². The first kappa shape index (κ1) is 7.84. The van der Waals surface area contributed by atoms with E-state index in [4.69, 9.17) is 0 Å². The van der Waals surface area contributed by atoms with Crippen LogP contribution in [0.1, 0.15) is 45.4 Å². The largest absolute Gasteiger partial charge is 0.0999 e. The average molecular weight is 138 g/mol. The van der Waals surface area contributed by atoms with Gasteiger partial charge in [-0.15, -0.1) is 0 Å². The molecule has 0 aromatic rings. The van der Waals surface area contributed by atoms with Crippen LogP contribution in [0.25, 0.3) is 0 Å². The Morgan fingerprint density at radius 1 is 1.60 bits per heavy atom. The van der Waals surface area contributed by atoms with Gasteiger partial charge in [-0.3, -0.25) is 0 Å². The minimum absolute atomic E-state index is 0.993. The van der Waals surface area contributed by atoms with Crippen molar-refractivity contribution in [2.45, 2.75) is 45.4 Å². The Balaban J connectivity index is 2.12. The Morgan fingerprint density at radius 2 is 2.40 bits per heavy atom. The molecule has 1 aliphatic carbocycles. The molecule has 1 aliphatic rings. The van der Waals surface area contributed by atoms with E-state index in [1.54, 1.807) is 0 Å². The van der Waals surface area contributed by atoms with E-state index in [1.807, 2.05) is 0 Å². The van der Waals surface area contributed by atoms with Crippen molar-refractivity contribution in [3.8, 4) is 0 Å². The zero-order chi connectivity index (χ0) is 7.40. The molecule has 1 saturated carbocycles. The molecule has 58 valence electrons. The lowest BCUT2D eigenvalue weighted by Crippen LogP contribution is -1.91. The van der Waals surface area contributed by atoms with Crippen molar-refractivity contribution in [2.75, 3.05) is 0 Å². The van der Waals surface area contributed by atoms with E-state index in [0.29, 0.717) is 0 Å². The van der Waals surface area contributed by atoms with Crippen LogP contribution >= 0.6 is 0 Å². The first-order chi connectivity index (χ1) is 4.83. The second-order valence-corrected chi connectivity index (χ2v) is 3.50. The summed E-state index contributed by atoms with van der Waals surface area (Å²) in [6, 6.07) is 0. The Kier molecular flexibility index (Phi) is 2.98. The first-order valence-corrected chi connectivity index (χ1v) is 4.49. The monoisotopic (exact) mass is 138 g/mol. The van der Waals surface area contributed by atoms with E-state index in [0.717, 1.165) is 5.92 Å². The molecular weight excluding hydrogens is 120 g/mol. The molecule has 0 amide bonds. The fraction of sp³-hybridized carbons (Fsp3) is 0.800. The third-order valence-electron chi connectivity index (χ3n) is 2.45. The second kappa shape index (κ2) is 3.80. The van der Waals surface area contributed by atoms with E-state index in [9.17, 15) is 0 Å². The molecule has 10 heavy (non-hydrogen) atoms. The lowest BCUT2D eigenvalue weighted by Gasteiger charge is -2.05. The Hall–Kier alpha value is -0.260. The Labute approximate surface area is 64.3 Å². The van der Waals surface area contributed by atoms with Crippen LogP contribution in [0.2, 0.25) is 0 Å².